The number of halogens is 1. The van der Waals surface area contributed by atoms with Crippen LogP contribution in [-0.2, 0) is 9.53 Å². The van der Waals surface area contributed by atoms with Crippen molar-refractivity contribution in [2.24, 2.45) is 5.92 Å². The highest BCUT2D eigenvalue weighted by Crippen LogP contribution is 2.42. The van der Waals surface area contributed by atoms with Gasteiger partial charge in [-0.05, 0) is 46.6 Å². The SMILES string of the molecule is COC(=O)C1C(NC(C)c2ccccc2)CC(C)(C)N(O)C1(C)C.[Cl]. The number of benzene rings is 1. The molecule has 1 saturated heterocycles. The van der Waals surface area contributed by atoms with Gasteiger partial charge in [-0.2, -0.15) is 5.06 Å². The highest BCUT2D eigenvalue weighted by Gasteiger charge is 2.55. The topological polar surface area (TPSA) is 61.8 Å². The van der Waals surface area contributed by atoms with Gasteiger partial charge in [-0.1, -0.05) is 30.3 Å². The molecule has 3 unspecified atom stereocenters. The molecule has 3 atom stereocenters. The second kappa shape index (κ2) is 8.04. The number of carbonyl (C=O) groups excluding carboxylic acids is 1. The molecule has 1 aliphatic heterocycles. The molecule has 0 aromatic heterocycles. The lowest BCUT2D eigenvalue weighted by Gasteiger charge is -2.55. The molecular weight excluding hydrogens is 340 g/mol. The molecule has 0 aliphatic carbocycles. The number of carbonyl (C=O) groups is 1. The Hall–Kier alpha value is -1.14. The van der Waals surface area contributed by atoms with Crippen molar-refractivity contribution in [3.8, 4) is 0 Å². The standard InChI is InChI=1S/C19H30N2O3.Cl/c1-13(14-10-8-7-9-11-14)20-15-12-18(2,3)21(23)19(4,5)16(15)17(22)24-6;/h7-11,13,15-16,20,23H,12H2,1-6H3;. The van der Waals surface area contributed by atoms with Crippen LogP contribution < -0.4 is 5.32 Å². The first kappa shape index (κ1) is 21.9. The van der Waals surface area contributed by atoms with Crippen molar-refractivity contribution in [1.82, 2.24) is 10.4 Å². The summed E-state index contributed by atoms with van der Waals surface area (Å²) in [5.74, 6) is -0.765. The van der Waals surface area contributed by atoms with Crippen molar-refractivity contribution in [2.75, 3.05) is 7.11 Å². The van der Waals surface area contributed by atoms with Crippen molar-refractivity contribution in [3.05, 3.63) is 35.9 Å². The van der Waals surface area contributed by atoms with Crippen LogP contribution in [0.1, 0.15) is 52.6 Å². The number of hydrogen-bond acceptors (Lipinski definition) is 5. The first-order chi connectivity index (χ1) is 11.1. The van der Waals surface area contributed by atoms with E-state index in [-0.39, 0.29) is 30.5 Å². The Morgan fingerprint density at radius 1 is 1.28 bits per heavy atom. The molecular formula is C19H30ClN2O3. The third-order valence-corrected chi connectivity index (χ3v) is 5.22. The number of methoxy groups -OCH3 is 1. The summed E-state index contributed by atoms with van der Waals surface area (Å²) in [6.07, 6.45) is 0.643. The summed E-state index contributed by atoms with van der Waals surface area (Å²) in [5.41, 5.74) is -0.00599. The van der Waals surface area contributed by atoms with Gasteiger partial charge in [0, 0.05) is 30.0 Å². The van der Waals surface area contributed by atoms with Crippen LogP contribution in [0.2, 0.25) is 0 Å². The monoisotopic (exact) mass is 369 g/mol. The summed E-state index contributed by atoms with van der Waals surface area (Å²) in [6, 6.07) is 10.2. The second-order valence-electron chi connectivity index (χ2n) is 7.89. The fourth-order valence-electron chi connectivity index (χ4n) is 4.04. The maximum absolute atomic E-state index is 12.5. The quantitative estimate of drug-likeness (QED) is 0.789. The molecule has 0 spiro atoms. The van der Waals surface area contributed by atoms with Crippen LogP contribution in [0.25, 0.3) is 0 Å². The summed E-state index contributed by atoms with van der Waals surface area (Å²) >= 11 is 0. The van der Waals surface area contributed by atoms with Crippen molar-refractivity contribution >= 4 is 18.4 Å². The Kier molecular flexibility index (Phi) is 7.04. The lowest BCUT2D eigenvalue weighted by molar-refractivity contribution is -0.265. The van der Waals surface area contributed by atoms with Crippen LogP contribution >= 0.6 is 12.4 Å². The summed E-state index contributed by atoms with van der Waals surface area (Å²) in [5, 5.41) is 15.6. The molecule has 5 nitrogen and oxygen atoms in total. The summed E-state index contributed by atoms with van der Waals surface area (Å²) < 4.78 is 5.04. The molecule has 25 heavy (non-hydrogen) atoms. The minimum Gasteiger partial charge on any atom is -0.469 e. The molecule has 1 heterocycles. The van der Waals surface area contributed by atoms with Gasteiger partial charge in [0.1, 0.15) is 0 Å². The smallest absolute Gasteiger partial charge is 0.312 e. The molecule has 0 amide bonds. The van der Waals surface area contributed by atoms with Gasteiger partial charge in [0.05, 0.1) is 18.6 Å². The van der Waals surface area contributed by atoms with E-state index in [1.54, 1.807) is 0 Å². The van der Waals surface area contributed by atoms with Crippen LogP contribution in [0.4, 0.5) is 0 Å². The van der Waals surface area contributed by atoms with Crippen molar-refractivity contribution in [1.29, 1.82) is 0 Å². The van der Waals surface area contributed by atoms with Crippen LogP contribution in [0, 0.1) is 5.92 Å². The first-order valence-electron chi connectivity index (χ1n) is 8.49. The maximum Gasteiger partial charge on any atom is 0.312 e. The van der Waals surface area contributed by atoms with Gasteiger partial charge in [0.2, 0.25) is 0 Å². The van der Waals surface area contributed by atoms with E-state index in [1.165, 1.54) is 17.7 Å². The number of hydrogen-bond donors (Lipinski definition) is 2. The highest BCUT2D eigenvalue weighted by molar-refractivity contribution is 5.85. The number of ether oxygens (including phenoxy) is 1. The van der Waals surface area contributed by atoms with Crippen molar-refractivity contribution in [3.63, 3.8) is 0 Å². The van der Waals surface area contributed by atoms with Gasteiger partial charge in [0.15, 0.2) is 0 Å². The van der Waals surface area contributed by atoms with E-state index < -0.39 is 17.0 Å². The number of rotatable bonds is 4. The molecule has 6 heteroatoms. The number of hydroxylamine groups is 2. The molecule has 141 valence electrons. The zero-order valence-corrected chi connectivity index (χ0v) is 16.7. The van der Waals surface area contributed by atoms with Gasteiger partial charge in [-0.15, -0.1) is 0 Å². The van der Waals surface area contributed by atoms with Crippen LogP contribution in [0.3, 0.4) is 0 Å². The summed E-state index contributed by atoms with van der Waals surface area (Å²) in [6.45, 7) is 9.85. The Labute approximate surface area is 157 Å². The zero-order valence-electron chi connectivity index (χ0n) is 15.9. The summed E-state index contributed by atoms with van der Waals surface area (Å²) in [4.78, 5) is 12.5. The fourth-order valence-corrected chi connectivity index (χ4v) is 4.04. The molecule has 2 rings (SSSR count). The maximum atomic E-state index is 12.5. The van der Waals surface area contributed by atoms with Gasteiger partial charge in [0.25, 0.3) is 0 Å². The van der Waals surface area contributed by atoms with Gasteiger partial charge < -0.3 is 15.3 Å². The third-order valence-electron chi connectivity index (χ3n) is 5.22. The Bertz CT molecular complexity index is 577. The van der Waals surface area contributed by atoms with E-state index in [1.807, 2.05) is 45.9 Å². The molecule has 0 bridgehead atoms. The van der Waals surface area contributed by atoms with E-state index >= 15 is 0 Å². The average molecular weight is 370 g/mol. The highest BCUT2D eigenvalue weighted by atomic mass is 35.5. The van der Waals surface area contributed by atoms with E-state index in [0.717, 1.165) is 0 Å². The van der Waals surface area contributed by atoms with Crippen molar-refractivity contribution in [2.45, 2.75) is 64.2 Å². The molecule has 1 aliphatic rings. The van der Waals surface area contributed by atoms with Crippen molar-refractivity contribution < 1.29 is 14.7 Å². The minimum absolute atomic E-state index is 0. The lowest BCUT2D eigenvalue weighted by Crippen LogP contribution is -2.69. The van der Waals surface area contributed by atoms with Crippen LogP contribution in [0.5, 0.6) is 0 Å². The largest absolute Gasteiger partial charge is 0.469 e. The molecule has 0 saturated carbocycles. The second-order valence-corrected chi connectivity index (χ2v) is 7.89. The van der Waals surface area contributed by atoms with Crippen LogP contribution in [0.15, 0.2) is 30.3 Å². The Morgan fingerprint density at radius 2 is 1.84 bits per heavy atom. The van der Waals surface area contributed by atoms with E-state index in [4.69, 9.17) is 4.74 Å². The van der Waals surface area contributed by atoms with Crippen LogP contribution in [-0.4, -0.2) is 40.5 Å². The third kappa shape index (κ3) is 4.34. The normalized spacial score (nSPS) is 26.4. The number of nitrogens with zero attached hydrogens (tertiary/aromatic N) is 1. The van der Waals surface area contributed by atoms with Gasteiger partial charge in [-0.3, -0.25) is 4.79 Å². The fraction of sp³-hybridized carbons (Fsp3) is 0.632. The predicted octanol–water partition coefficient (Wildman–Crippen LogP) is 3.84. The molecule has 2 N–H and O–H groups in total. The molecule has 1 aromatic carbocycles. The average Bonchev–Trinajstić information content (AvgIpc) is 2.53. The van der Waals surface area contributed by atoms with Gasteiger partial charge in [-0.25, -0.2) is 0 Å². The molecule has 1 radical (unpaired) electrons. The minimum atomic E-state index is -0.733. The van der Waals surface area contributed by atoms with E-state index in [2.05, 4.69) is 24.4 Å². The van der Waals surface area contributed by atoms with E-state index in [9.17, 15) is 10.0 Å². The molecule has 1 fully saturated rings. The first-order valence-corrected chi connectivity index (χ1v) is 8.49. The lowest BCUT2D eigenvalue weighted by atomic mass is 9.70. The number of esters is 1. The van der Waals surface area contributed by atoms with Gasteiger partial charge >= 0.3 is 5.97 Å². The predicted molar refractivity (Wildman–Crippen MR) is 99.5 cm³/mol. The zero-order chi connectivity index (χ0) is 18.1. The number of piperidine rings is 1. The summed E-state index contributed by atoms with van der Waals surface area (Å²) in [7, 11) is 1.40. The molecule has 1 aromatic rings. The Balaban J connectivity index is 0.00000312. The van der Waals surface area contributed by atoms with E-state index in [0.29, 0.717) is 6.42 Å². The number of nitrogens with one attached hydrogen (secondary N) is 1. The Morgan fingerprint density at radius 3 is 2.36 bits per heavy atom.